The minimum absolute atomic E-state index is 0.0711. The van der Waals surface area contributed by atoms with Gasteiger partial charge in [0.05, 0.1) is 5.44 Å². The summed E-state index contributed by atoms with van der Waals surface area (Å²) in [6.45, 7) is 11.9. The zero-order chi connectivity index (χ0) is 10.5. The molecular weight excluding hydrogens is 180 g/mol. The smallest absolute Gasteiger partial charge is 0.0971 e. The van der Waals surface area contributed by atoms with Crippen LogP contribution in [0.1, 0.15) is 47.5 Å². The number of thiol groups is 1. The summed E-state index contributed by atoms with van der Waals surface area (Å²) >= 11 is 4.16. The summed E-state index contributed by atoms with van der Waals surface area (Å²) in [7, 11) is 0. The van der Waals surface area contributed by atoms with Gasteiger partial charge in [0.25, 0.3) is 0 Å². The van der Waals surface area contributed by atoms with Gasteiger partial charge in [0.15, 0.2) is 0 Å². The van der Waals surface area contributed by atoms with E-state index in [0.29, 0.717) is 5.41 Å². The molecule has 13 heavy (non-hydrogen) atoms. The monoisotopic (exact) mass is 204 g/mol. The summed E-state index contributed by atoms with van der Waals surface area (Å²) in [6.07, 6.45) is 2.40. The molecule has 0 saturated carbocycles. The average Bonchev–Trinajstić information content (AvgIpc) is 1.81. The van der Waals surface area contributed by atoms with Crippen molar-refractivity contribution in [3.05, 3.63) is 0 Å². The second-order valence-electron chi connectivity index (χ2n) is 5.13. The molecule has 0 aliphatic carbocycles. The average molecular weight is 204 g/mol. The topological polar surface area (TPSA) is 9.23 Å². The van der Waals surface area contributed by atoms with Crippen molar-refractivity contribution in [2.45, 2.75) is 52.9 Å². The van der Waals surface area contributed by atoms with E-state index in [-0.39, 0.29) is 5.44 Å². The van der Waals surface area contributed by atoms with Gasteiger partial charge in [-0.3, -0.25) is 0 Å². The van der Waals surface area contributed by atoms with Crippen LogP contribution in [0, 0.1) is 11.3 Å². The number of hydrogen-bond acceptors (Lipinski definition) is 2. The first-order chi connectivity index (χ1) is 5.81. The first kappa shape index (κ1) is 13.3. The summed E-state index contributed by atoms with van der Waals surface area (Å²) in [5, 5.41) is 0. The third-order valence-electron chi connectivity index (χ3n) is 1.93. The highest BCUT2D eigenvalue weighted by molar-refractivity contribution is 7.80. The quantitative estimate of drug-likeness (QED) is 0.530. The lowest BCUT2D eigenvalue weighted by molar-refractivity contribution is 0.107. The Morgan fingerprint density at radius 3 is 2.15 bits per heavy atom. The van der Waals surface area contributed by atoms with Gasteiger partial charge >= 0.3 is 0 Å². The molecule has 0 heterocycles. The Bertz CT molecular complexity index is 127. The van der Waals surface area contributed by atoms with Gasteiger partial charge in [-0.15, -0.1) is 12.6 Å². The van der Waals surface area contributed by atoms with Crippen LogP contribution in [0.25, 0.3) is 0 Å². The Hall–Kier alpha value is 0.310. The van der Waals surface area contributed by atoms with Crippen LogP contribution in [0.4, 0.5) is 0 Å². The van der Waals surface area contributed by atoms with Crippen LogP contribution in [-0.2, 0) is 4.74 Å². The van der Waals surface area contributed by atoms with Gasteiger partial charge in [0.2, 0.25) is 0 Å². The van der Waals surface area contributed by atoms with E-state index < -0.39 is 0 Å². The van der Waals surface area contributed by atoms with Gasteiger partial charge in [0, 0.05) is 6.61 Å². The lowest BCUT2D eigenvalue weighted by Crippen LogP contribution is -2.13. The maximum Gasteiger partial charge on any atom is 0.0971 e. The molecule has 0 bridgehead atoms. The molecule has 0 spiro atoms. The molecule has 2 atom stereocenters. The molecule has 80 valence electrons. The molecule has 0 radical (unpaired) electrons. The number of ether oxygens (including phenoxy) is 1. The second kappa shape index (κ2) is 5.92. The van der Waals surface area contributed by atoms with Gasteiger partial charge in [-0.2, -0.15) is 0 Å². The zero-order valence-electron chi connectivity index (χ0n) is 9.63. The Morgan fingerprint density at radius 2 is 1.77 bits per heavy atom. The fourth-order valence-electron chi connectivity index (χ4n) is 1.59. The largest absolute Gasteiger partial charge is 0.368 e. The summed E-state index contributed by atoms with van der Waals surface area (Å²) in [5.74, 6) is 0.743. The van der Waals surface area contributed by atoms with E-state index in [1.54, 1.807) is 0 Å². The van der Waals surface area contributed by atoms with E-state index in [1.807, 2.05) is 6.92 Å². The van der Waals surface area contributed by atoms with Crippen molar-refractivity contribution in [2.75, 3.05) is 6.61 Å². The molecule has 0 amide bonds. The van der Waals surface area contributed by atoms with Crippen molar-refractivity contribution in [2.24, 2.45) is 11.3 Å². The van der Waals surface area contributed by atoms with Crippen molar-refractivity contribution >= 4 is 12.6 Å². The van der Waals surface area contributed by atoms with Crippen LogP contribution >= 0.6 is 12.6 Å². The Morgan fingerprint density at radius 1 is 1.23 bits per heavy atom. The third-order valence-corrected chi connectivity index (χ3v) is 2.08. The lowest BCUT2D eigenvalue weighted by atomic mass is 9.84. The standard InChI is InChI=1S/C11H24OS/c1-9(8-11(3,4)5)6-7-12-10(2)13/h9-10,13H,6-8H2,1-5H3. The van der Waals surface area contributed by atoms with E-state index >= 15 is 0 Å². The maximum atomic E-state index is 5.39. The molecule has 2 heteroatoms. The van der Waals surface area contributed by atoms with E-state index in [0.717, 1.165) is 18.9 Å². The Kier molecular flexibility index (Phi) is 6.06. The summed E-state index contributed by atoms with van der Waals surface area (Å²) in [4.78, 5) is 0. The Balaban J connectivity index is 3.46. The van der Waals surface area contributed by atoms with Crippen molar-refractivity contribution in [3.63, 3.8) is 0 Å². The number of rotatable bonds is 5. The van der Waals surface area contributed by atoms with Gasteiger partial charge in [0.1, 0.15) is 0 Å². The molecule has 0 aromatic rings. The molecule has 2 unspecified atom stereocenters. The molecule has 0 aliphatic heterocycles. The molecular formula is C11H24OS. The predicted molar refractivity (Wildman–Crippen MR) is 62.3 cm³/mol. The van der Waals surface area contributed by atoms with Crippen LogP contribution in [-0.4, -0.2) is 12.0 Å². The van der Waals surface area contributed by atoms with Crippen molar-refractivity contribution in [1.82, 2.24) is 0 Å². The van der Waals surface area contributed by atoms with Gasteiger partial charge in [-0.1, -0.05) is 27.7 Å². The highest BCUT2D eigenvalue weighted by Gasteiger charge is 2.14. The van der Waals surface area contributed by atoms with Crippen molar-refractivity contribution in [3.8, 4) is 0 Å². The van der Waals surface area contributed by atoms with Crippen LogP contribution in [0.3, 0.4) is 0 Å². The zero-order valence-corrected chi connectivity index (χ0v) is 10.5. The molecule has 0 aromatic carbocycles. The molecule has 0 N–H and O–H groups in total. The first-order valence-corrected chi connectivity index (χ1v) is 5.62. The maximum absolute atomic E-state index is 5.39. The highest BCUT2D eigenvalue weighted by atomic mass is 32.1. The van der Waals surface area contributed by atoms with Crippen molar-refractivity contribution < 1.29 is 4.74 Å². The number of hydrogen-bond donors (Lipinski definition) is 1. The molecule has 0 rings (SSSR count). The van der Waals surface area contributed by atoms with Gasteiger partial charge in [-0.05, 0) is 31.1 Å². The van der Waals surface area contributed by atoms with E-state index in [4.69, 9.17) is 4.74 Å². The van der Waals surface area contributed by atoms with Crippen LogP contribution in [0.2, 0.25) is 0 Å². The van der Waals surface area contributed by atoms with E-state index in [2.05, 4.69) is 40.3 Å². The molecule has 0 fully saturated rings. The minimum atomic E-state index is 0.0711. The summed E-state index contributed by atoms with van der Waals surface area (Å²) in [6, 6.07) is 0. The van der Waals surface area contributed by atoms with Crippen LogP contribution in [0.5, 0.6) is 0 Å². The Labute approximate surface area is 88.7 Å². The molecule has 0 saturated heterocycles. The highest BCUT2D eigenvalue weighted by Crippen LogP contribution is 2.25. The van der Waals surface area contributed by atoms with Gasteiger partial charge < -0.3 is 4.74 Å². The van der Waals surface area contributed by atoms with Gasteiger partial charge in [-0.25, -0.2) is 0 Å². The van der Waals surface area contributed by atoms with E-state index in [1.165, 1.54) is 6.42 Å². The fourth-order valence-corrected chi connectivity index (χ4v) is 1.69. The molecule has 0 aromatic heterocycles. The third kappa shape index (κ3) is 10.2. The summed E-state index contributed by atoms with van der Waals surface area (Å²) in [5.41, 5.74) is 0.508. The van der Waals surface area contributed by atoms with E-state index in [9.17, 15) is 0 Å². The SMILES string of the molecule is CC(CCOC(C)S)CC(C)(C)C. The first-order valence-electron chi connectivity index (χ1n) is 5.11. The minimum Gasteiger partial charge on any atom is -0.368 e. The fraction of sp³-hybridized carbons (Fsp3) is 1.00. The predicted octanol–water partition coefficient (Wildman–Crippen LogP) is 3.74. The second-order valence-corrected chi connectivity index (χ2v) is 5.86. The molecule has 0 aliphatic rings. The lowest BCUT2D eigenvalue weighted by Gasteiger charge is -2.23. The normalized spacial score (nSPS) is 17.1. The molecule has 1 nitrogen and oxygen atoms in total. The summed E-state index contributed by atoms with van der Waals surface area (Å²) < 4.78 is 5.39. The van der Waals surface area contributed by atoms with Crippen molar-refractivity contribution in [1.29, 1.82) is 0 Å². The van der Waals surface area contributed by atoms with Crippen LogP contribution in [0.15, 0.2) is 0 Å². The van der Waals surface area contributed by atoms with Crippen LogP contribution < -0.4 is 0 Å².